The minimum Gasteiger partial charge on any atom is -0.206 e. The number of rotatable bonds is 7. The third-order valence-corrected chi connectivity index (χ3v) is 5.58. The maximum absolute atomic E-state index is 12.1. The quantitative estimate of drug-likeness (QED) is 0.750. The van der Waals surface area contributed by atoms with Crippen molar-refractivity contribution in [2.75, 3.05) is 7.05 Å². The van der Waals surface area contributed by atoms with Crippen molar-refractivity contribution in [1.82, 2.24) is 9.25 Å². The molecule has 0 aliphatic rings. The highest BCUT2D eigenvalue weighted by Gasteiger charge is 2.19. The molecule has 0 aliphatic heterocycles. The van der Waals surface area contributed by atoms with Crippen molar-refractivity contribution in [2.24, 2.45) is 0 Å². The van der Waals surface area contributed by atoms with Crippen molar-refractivity contribution in [3.05, 3.63) is 82.6 Å². The molecular weight excluding hydrogens is 360 g/mol. The van der Waals surface area contributed by atoms with Gasteiger partial charge in [0.05, 0.1) is 0 Å². The van der Waals surface area contributed by atoms with E-state index >= 15 is 0 Å². The number of hydrogen-bond donors (Lipinski definition) is 1. The van der Waals surface area contributed by atoms with E-state index in [2.05, 4.69) is 0 Å². The van der Waals surface area contributed by atoms with E-state index in [1.807, 2.05) is 17.0 Å². The average Bonchev–Trinajstić information content (AvgIpc) is 2.60. The molecule has 6 nitrogen and oxygen atoms in total. The van der Waals surface area contributed by atoms with Crippen LogP contribution in [0.4, 0.5) is 0 Å². The smallest absolute Gasteiger partial charge is 0.206 e. The number of hydrazine groups is 1. The van der Waals surface area contributed by atoms with Gasteiger partial charge in [0.25, 0.3) is 0 Å². The van der Waals surface area contributed by atoms with Crippen LogP contribution in [0.15, 0.2) is 71.5 Å². The van der Waals surface area contributed by atoms with Gasteiger partial charge in [0.1, 0.15) is 0 Å². The Hall–Kier alpha value is -2.26. The third-order valence-electron chi connectivity index (χ3n) is 3.11. The van der Waals surface area contributed by atoms with Gasteiger partial charge < -0.3 is 0 Å². The Balaban J connectivity index is 2.07. The van der Waals surface area contributed by atoms with Gasteiger partial charge in [-0.15, -0.1) is 9.25 Å². The van der Waals surface area contributed by atoms with Crippen molar-refractivity contribution in [3.8, 4) is 0 Å². The summed E-state index contributed by atoms with van der Waals surface area (Å²) in [6, 6.07) is 17.6. The van der Waals surface area contributed by atoms with Crippen LogP contribution in [0, 0.1) is 0 Å². The lowest BCUT2D eigenvalue weighted by atomic mass is 10.2. The number of benzene rings is 2. The summed E-state index contributed by atoms with van der Waals surface area (Å²) in [6.07, 6.45) is 2.77. The van der Waals surface area contributed by atoms with E-state index in [1.165, 1.54) is 12.2 Å². The van der Waals surface area contributed by atoms with Crippen molar-refractivity contribution >= 4 is 32.2 Å². The van der Waals surface area contributed by atoms with Crippen LogP contribution in [0.2, 0.25) is 0 Å². The molecule has 0 saturated heterocycles. The molecule has 0 aromatic heterocycles. The predicted molar refractivity (Wildman–Crippen MR) is 99.7 cm³/mol. The SMILES string of the molecule is CN(NS(=O)(=O)/C=C/c1ccccc1)S(=O)(=O)/C=C/c1ccccc1. The third kappa shape index (κ3) is 6.28. The second-order valence-electron chi connectivity index (χ2n) is 5.08. The first kappa shape index (κ1) is 19.1. The summed E-state index contributed by atoms with van der Waals surface area (Å²) in [6.45, 7) is 0. The minimum atomic E-state index is -3.96. The molecule has 0 spiro atoms. The van der Waals surface area contributed by atoms with E-state index in [0.29, 0.717) is 15.5 Å². The first-order valence-electron chi connectivity index (χ1n) is 7.26. The van der Waals surface area contributed by atoms with E-state index in [1.54, 1.807) is 48.5 Å². The fourth-order valence-electron chi connectivity index (χ4n) is 1.81. The topological polar surface area (TPSA) is 83.6 Å². The van der Waals surface area contributed by atoms with Gasteiger partial charge >= 0.3 is 0 Å². The van der Waals surface area contributed by atoms with Crippen LogP contribution in [0.3, 0.4) is 0 Å². The Labute approximate surface area is 148 Å². The van der Waals surface area contributed by atoms with Gasteiger partial charge in [-0.2, -0.15) is 0 Å². The highest BCUT2D eigenvalue weighted by molar-refractivity contribution is 7.95. The summed E-state index contributed by atoms with van der Waals surface area (Å²) in [5.41, 5.74) is 1.37. The van der Waals surface area contributed by atoms with Gasteiger partial charge in [-0.1, -0.05) is 60.7 Å². The molecule has 0 atom stereocenters. The Bertz CT molecular complexity index is 952. The van der Waals surface area contributed by atoms with Gasteiger partial charge in [0.2, 0.25) is 20.0 Å². The normalized spacial score (nSPS) is 13.0. The second kappa shape index (κ2) is 8.21. The van der Waals surface area contributed by atoms with Gasteiger partial charge in [-0.05, 0) is 23.3 Å². The maximum atomic E-state index is 12.1. The molecule has 132 valence electrons. The van der Waals surface area contributed by atoms with Crippen LogP contribution < -0.4 is 4.83 Å². The molecule has 1 N–H and O–H groups in total. The van der Waals surface area contributed by atoms with Crippen LogP contribution >= 0.6 is 0 Å². The average molecular weight is 378 g/mol. The molecule has 0 unspecified atom stereocenters. The molecule has 0 amide bonds. The molecule has 0 saturated carbocycles. The van der Waals surface area contributed by atoms with E-state index in [9.17, 15) is 16.8 Å². The zero-order chi connectivity index (χ0) is 18.3. The van der Waals surface area contributed by atoms with Gasteiger partial charge in [-0.25, -0.2) is 16.8 Å². The van der Waals surface area contributed by atoms with Crippen LogP contribution in [0.5, 0.6) is 0 Å². The molecule has 0 radical (unpaired) electrons. The molecule has 8 heteroatoms. The molecule has 2 rings (SSSR count). The number of sulfonamides is 2. The van der Waals surface area contributed by atoms with E-state index < -0.39 is 20.0 Å². The van der Waals surface area contributed by atoms with E-state index in [-0.39, 0.29) is 0 Å². The summed E-state index contributed by atoms with van der Waals surface area (Å²) in [7, 11) is -6.79. The molecule has 2 aromatic carbocycles. The Morgan fingerprint density at radius 2 is 1.20 bits per heavy atom. The Kier molecular flexibility index (Phi) is 6.27. The van der Waals surface area contributed by atoms with Crippen LogP contribution in [-0.2, 0) is 20.0 Å². The summed E-state index contributed by atoms with van der Waals surface area (Å²) in [4.78, 5) is 1.98. The van der Waals surface area contributed by atoms with Gasteiger partial charge in [-0.3, -0.25) is 0 Å². The predicted octanol–water partition coefficient (Wildman–Crippen LogP) is 2.42. The van der Waals surface area contributed by atoms with E-state index in [0.717, 1.165) is 17.9 Å². The molecular formula is C17H18N2O4S2. The number of hydrogen-bond acceptors (Lipinski definition) is 4. The number of nitrogens with zero attached hydrogens (tertiary/aromatic N) is 1. The molecule has 25 heavy (non-hydrogen) atoms. The maximum Gasteiger partial charge on any atom is 0.249 e. The summed E-state index contributed by atoms with van der Waals surface area (Å²) in [5, 5.41) is 1.85. The molecule has 2 aromatic rings. The lowest BCUT2D eigenvalue weighted by Gasteiger charge is -2.14. The van der Waals surface area contributed by atoms with Gasteiger partial charge in [0.15, 0.2) is 0 Å². The van der Waals surface area contributed by atoms with E-state index in [4.69, 9.17) is 0 Å². The largest absolute Gasteiger partial charge is 0.249 e. The highest BCUT2D eigenvalue weighted by Crippen LogP contribution is 2.07. The Morgan fingerprint density at radius 1 is 0.760 bits per heavy atom. The fourth-order valence-corrected chi connectivity index (χ4v) is 3.81. The summed E-state index contributed by atoms with van der Waals surface area (Å²) >= 11 is 0. The highest BCUT2D eigenvalue weighted by atomic mass is 32.2. The number of nitrogens with one attached hydrogen (secondary N) is 1. The molecule has 0 aliphatic carbocycles. The monoisotopic (exact) mass is 378 g/mol. The van der Waals surface area contributed by atoms with Crippen LogP contribution in [0.1, 0.15) is 11.1 Å². The van der Waals surface area contributed by atoms with Gasteiger partial charge in [0, 0.05) is 17.9 Å². The minimum absolute atomic E-state index is 0.553. The molecule has 0 fully saturated rings. The fraction of sp³-hybridized carbons (Fsp3) is 0.0588. The molecule has 0 heterocycles. The standard InChI is InChI=1S/C17H18N2O4S2/c1-19(25(22,23)15-13-17-10-6-3-7-11-17)18-24(20,21)14-12-16-8-4-2-5-9-16/h2-15,18H,1H3/b14-12+,15-13+. The molecule has 0 bridgehead atoms. The van der Waals surface area contributed by atoms with Crippen LogP contribution in [-0.4, -0.2) is 28.3 Å². The summed E-state index contributed by atoms with van der Waals surface area (Å²) < 4.78 is 48.9. The van der Waals surface area contributed by atoms with Crippen molar-refractivity contribution in [2.45, 2.75) is 0 Å². The van der Waals surface area contributed by atoms with Crippen molar-refractivity contribution < 1.29 is 16.8 Å². The van der Waals surface area contributed by atoms with Crippen molar-refractivity contribution in [1.29, 1.82) is 0 Å². The Morgan fingerprint density at radius 3 is 1.68 bits per heavy atom. The van der Waals surface area contributed by atoms with Crippen LogP contribution in [0.25, 0.3) is 12.2 Å². The first-order chi connectivity index (χ1) is 11.8. The van der Waals surface area contributed by atoms with Crippen molar-refractivity contribution in [3.63, 3.8) is 0 Å². The lowest BCUT2D eigenvalue weighted by Crippen LogP contribution is -2.41. The zero-order valence-electron chi connectivity index (χ0n) is 13.5. The second-order valence-corrected chi connectivity index (χ2v) is 8.47. The first-order valence-corrected chi connectivity index (χ1v) is 10.3. The summed E-state index contributed by atoms with van der Waals surface area (Å²) in [5.74, 6) is 0. The lowest BCUT2D eigenvalue weighted by molar-refractivity contribution is 0.442. The zero-order valence-corrected chi connectivity index (χ0v) is 15.1.